The Kier molecular flexibility index (Phi) is 20.2. The lowest BCUT2D eigenvalue weighted by atomic mass is 10.0. The zero-order valence-corrected chi connectivity index (χ0v) is 20.9. The smallest absolute Gasteiger partial charge is 0.0782 e. The van der Waals surface area contributed by atoms with Crippen molar-refractivity contribution in [1.29, 1.82) is 0 Å². The van der Waals surface area contributed by atoms with Crippen LogP contribution in [0.4, 0.5) is 0 Å². The number of unbranched alkanes of at least 4 members (excludes halogenated alkanes) is 16. The van der Waals surface area contributed by atoms with Crippen molar-refractivity contribution in [2.75, 3.05) is 27.2 Å². The van der Waals surface area contributed by atoms with E-state index in [-0.39, 0.29) is 0 Å². The Bertz CT molecular complexity index is 295. The van der Waals surface area contributed by atoms with Crippen LogP contribution in [0.25, 0.3) is 0 Å². The van der Waals surface area contributed by atoms with Crippen LogP contribution in [0, 0.1) is 5.92 Å². The average Bonchev–Trinajstić information content (AvgIpc) is 2.65. The van der Waals surface area contributed by atoms with Gasteiger partial charge in [-0.3, -0.25) is 0 Å². The van der Waals surface area contributed by atoms with Crippen LogP contribution in [0.15, 0.2) is 0 Å². The van der Waals surface area contributed by atoms with Crippen LogP contribution in [0.1, 0.15) is 143 Å². The van der Waals surface area contributed by atoms with E-state index in [4.69, 9.17) is 0 Å². The third-order valence-corrected chi connectivity index (χ3v) is 6.41. The lowest BCUT2D eigenvalue weighted by Crippen LogP contribution is -2.41. The van der Waals surface area contributed by atoms with Crippen molar-refractivity contribution in [2.24, 2.45) is 5.92 Å². The molecule has 0 aliphatic carbocycles. The van der Waals surface area contributed by atoms with Gasteiger partial charge in [0.2, 0.25) is 0 Å². The summed E-state index contributed by atoms with van der Waals surface area (Å²) in [5.74, 6) is 0.871. The van der Waals surface area contributed by atoms with Crippen molar-refractivity contribution in [3.8, 4) is 0 Å². The highest BCUT2D eigenvalue weighted by molar-refractivity contribution is 4.51. The molecule has 1 heteroatoms. The van der Waals surface area contributed by atoms with Crippen molar-refractivity contribution in [3.05, 3.63) is 0 Å². The molecule has 28 heavy (non-hydrogen) atoms. The molecule has 0 spiro atoms. The second kappa shape index (κ2) is 20.2. The summed E-state index contributed by atoms with van der Waals surface area (Å²) in [6.07, 6.45) is 27.6. The number of hydrogen-bond donors (Lipinski definition) is 0. The van der Waals surface area contributed by atoms with Crippen molar-refractivity contribution in [1.82, 2.24) is 0 Å². The minimum atomic E-state index is 0.871. The highest BCUT2D eigenvalue weighted by atomic mass is 15.3. The van der Waals surface area contributed by atoms with Gasteiger partial charge in [0, 0.05) is 0 Å². The van der Waals surface area contributed by atoms with E-state index in [1.54, 1.807) is 0 Å². The zero-order valence-electron chi connectivity index (χ0n) is 20.9. The van der Waals surface area contributed by atoms with Gasteiger partial charge < -0.3 is 4.48 Å². The third-order valence-electron chi connectivity index (χ3n) is 6.41. The summed E-state index contributed by atoms with van der Waals surface area (Å²) in [5.41, 5.74) is 0. The number of rotatable bonds is 22. The topological polar surface area (TPSA) is 0 Å². The van der Waals surface area contributed by atoms with E-state index in [1.807, 2.05) is 0 Å². The molecule has 0 N–H and O–H groups in total. The van der Waals surface area contributed by atoms with Gasteiger partial charge in [0.05, 0.1) is 27.2 Å². The normalized spacial score (nSPS) is 12.2. The van der Waals surface area contributed by atoms with E-state index in [0.717, 1.165) is 5.92 Å². The molecule has 0 atom stereocenters. The Labute approximate surface area is 180 Å². The predicted octanol–water partition coefficient (Wildman–Crippen LogP) is 9.15. The maximum absolute atomic E-state index is 2.43. The largest absolute Gasteiger partial charge is 0.328 e. The summed E-state index contributed by atoms with van der Waals surface area (Å²) >= 11 is 0. The standard InChI is InChI=1S/C27H58N/c1-6-7-8-9-10-11-12-13-14-15-16-17-18-19-20-22-25-28(4,5)26-23-21-24-27(2)3/h27H,6-26H2,1-5H3/q+1. The molecule has 0 bridgehead atoms. The van der Waals surface area contributed by atoms with Gasteiger partial charge in [0.1, 0.15) is 0 Å². The minimum absolute atomic E-state index is 0.871. The van der Waals surface area contributed by atoms with Gasteiger partial charge in [-0.1, -0.05) is 117 Å². The van der Waals surface area contributed by atoms with Crippen molar-refractivity contribution >= 4 is 0 Å². The van der Waals surface area contributed by atoms with Crippen LogP contribution in [0.2, 0.25) is 0 Å². The highest BCUT2D eigenvalue weighted by Crippen LogP contribution is 2.15. The molecule has 170 valence electrons. The first-order valence-corrected chi connectivity index (χ1v) is 13.3. The summed E-state index contributed by atoms with van der Waals surface area (Å²) in [5, 5.41) is 0. The third kappa shape index (κ3) is 22.3. The van der Waals surface area contributed by atoms with Gasteiger partial charge in [0.25, 0.3) is 0 Å². The Hall–Kier alpha value is -0.0400. The van der Waals surface area contributed by atoms with Gasteiger partial charge in [-0.2, -0.15) is 0 Å². The molecular weight excluding hydrogens is 338 g/mol. The van der Waals surface area contributed by atoms with Gasteiger partial charge in [-0.15, -0.1) is 0 Å². The Morgan fingerprint density at radius 1 is 0.464 bits per heavy atom. The second-order valence-electron chi connectivity index (χ2n) is 10.6. The fourth-order valence-corrected chi connectivity index (χ4v) is 4.29. The molecule has 0 aromatic carbocycles. The molecule has 0 aromatic heterocycles. The summed E-state index contributed by atoms with van der Waals surface area (Å²) in [6, 6.07) is 0. The van der Waals surface area contributed by atoms with Crippen LogP contribution >= 0.6 is 0 Å². The van der Waals surface area contributed by atoms with E-state index in [2.05, 4.69) is 34.9 Å². The Morgan fingerprint density at radius 3 is 1.14 bits per heavy atom. The maximum Gasteiger partial charge on any atom is 0.0782 e. The number of quaternary nitrogens is 1. The zero-order chi connectivity index (χ0) is 20.9. The Morgan fingerprint density at radius 2 is 0.786 bits per heavy atom. The summed E-state index contributed by atoms with van der Waals surface area (Å²) < 4.78 is 1.23. The summed E-state index contributed by atoms with van der Waals surface area (Å²) in [7, 11) is 4.86. The molecule has 0 radical (unpaired) electrons. The van der Waals surface area contributed by atoms with E-state index in [1.165, 1.54) is 140 Å². The Balaban J connectivity index is 3.24. The minimum Gasteiger partial charge on any atom is -0.328 e. The number of nitrogens with zero attached hydrogens (tertiary/aromatic N) is 1. The van der Waals surface area contributed by atoms with E-state index in [0.29, 0.717) is 0 Å². The molecular formula is C27H58N+. The van der Waals surface area contributed by atoms with Crippen LogP contribution in [0.3, 0.4) is 0 Å². The summed E-state index contributed by atoms with van der Waals surface area (Å²) in [6.45, 7) is 9.73. The quantitative estimate of drug-likeness (QED) is 0.126. The average molecular weight is 397 g/mol. The van der Waals surface area contributed by atoms with E-state index < -0.39 is 0 Å². The van der Waals surface area contributed by atoms with Crippen LogP contribution < -0.4 is 0 Å². The fourth-order valence-electron chi connectivity index (χ4n) is 4.29. The molecule has 0 aliphatic heterocycles. The fraction of sp³-hybridized carbons (Fsp3) is 1.00. The molecule has 0 saturated carbocycles. The predicted molar refractivity (Wildman–Crippen MR) is 130 cm³/mol. The SMILES string of the molecule is CCCCCCCCCCCCCCCCCC[N+](C)(C)CCCCC(C)C. The molecule has 0 aliphatic rings. The van der Waals surface area contributed by atoms with Crippen LogP contribution in [-0.2, 0) is 0 Å². The van der Waals surface area contributed by atoms with E-state index in [9.17, 15) is 0 Å². The van der Waals surface area contributed by atoms with Crippen LogP contribution in [-0.4, -0.2) is 31.7 Å². The number of hydrogen-bond acceptors (Lipinski definition) is 0. The maximum atomic E-state index is 2.43. The molecule has 1 nitrogen and oxygen atoms in total. The van der Waals surface area contributed by atoms with Gasteiger partial charge in [-0.05, 0) is 31.6 Å². The van der Waals surface area contributed by atoms with Crippen LogP contribution in [0.5, 0.6) is 0 Å². The molecule has 0 fully saturated rings. The lowest BCUT2D eigenvalue weighted by Gasteiger charge is -2.30. The molecule has 0 rings (SSSR count). The van der Waals surface area contributed by atoms with Crippen molar-refractivity contribution in [3.63, 3.8) is 0 Å². The second-order valence-corrected chi connectivity index (χ2v) is 10.6. The monoisotopic (exact) mass is 396 g/mol. The molecule has 0 saturated heterocycles. The van der Waals surface area contributed by atoms with Gasteiger partial charge in [0.15, 0.2) is 0 Å². The first-order valence-electron chi connectivity index (χ1n) is 13.3. The summed E-state index contributed by atoms with van der Waals surface area (Å²) in [4.78, 5) is 0. The molecule has 0 heterocycles. The first-order chi connectivity index (χ1) is 13.5. The molecule has 0 amide bonds. The van der Waals surface area contributed by atoms with Crippen molar-refractivity contribution in [2.45, 2.75) is 143 Å². The van der Waals surface area contributed by atoms with E-state index >= 15 is 0 Å². The van der Waals surface area contributed by atoms with Crippen molar-refractivity contribution < 1.29 is 4.48 Å². The lowest BCUT2D eigenvalue weighted by molar-refractivity contribution is -0.890. The first kappa shape index (κ1) is 28.0. The molecule has 0 aromatic rings. The van der Waals surface area contributed by atoms with Gasteiger partial charge >= 0.3 is 0 Å². The van der Waals surface area contributed by atoms with Gasteiger partial charge in [-0.25, -0.2) is 0 Å². The molecule has 0 unspecified atom stereocenters. The highest BCUT2D eigenvalue weighted by Gasteiger charge is 2.13.